The highest BCUT2D eigenvalue weighted by atomic mass is 16.5. The van der Waals surface area contributed by atoms with Gasteiger partial charge in [-0.3, -0.25) is 4.79 Å². The molecule has 0 radical (unpaired) electrons. The van der Waals surface area contributed by atoms with Crippen LogP contribution in [-0.2, 0) is 16.3 Å². The third-order valence-electron chi connectivity index (χ3n) is 5.39. The van der Waals surface area contributed by atoms with Crippen LogP contribution in [0, 0.1) is 25.2 Å². The number of nitriles is 1. The maximum atomic E-state index is 12.6. The van der Waals surface area contributed by atoms with E-state index in [4.69, 9.17) is 9.47 Å². The third kappa shape index (κ3) is 4.29. The molecule has 0 bridgehead atoms. The number of carbonyl (C=O) groups is 1. The molecule has 0 aliphatic rings. The van der Waals surface area contributed by atoms with Gasteiger partial charge < -0.3 is 14.0 Å². The van der Waals surface area contributed by atoms with Gasteiger partial charge in [0, 0.05) is 17.1 Å². The standard InChI is InChI=1S/C25H21N5O4/c1-16-12-18(17(2)30(16)20-8-10-21(33-3)11-9-20)13-19(14-26)25(32)34-15-29-24(31)22-6-4-5-7-23(22)27-28-29/h4-13H,15H2,1-3H3. The van der Waals surface area contributed by atoms with E-state index in [0.29, 0.717) is 16.5 Å². The molecule has 4 aromatic rings. The fraction of sp³-hybridized carbons (Fsp3) is 0.160. The summed E-state index contributed by atoms with van der Waals surface area (Å²) in [7, 11) is 1.61. The highest BCUT2D eigenvalue weighted by Crippen LogP contribution is 2.24. The van der Waals surface area contributed by atoms with Crippen molar-refractivity contribution in [1.29, 1.82) is 5.26 Å². The van der Waals surface area contributed by atoms with Gasteiger partial charge in [-0.15, -0.1) is 5.10 Å². The summed E-state index contributed by atoms with van der Waals surface area (Å²) in [6.45, 7) is 3.37. The second-order valence-electron chi connectivity index (χ2n) is 7.50. The minimum atomic E-state index is -0.862. The zero-order valence-corrected chi connectivity index (χ0v) is 18.8. The van der Waals surface area contributed by atoms with Crippen molar-refractivity contribution in [3.63, 3.8) is 0 Å². The summed E-state index contributed by atoms with van der Waals surface area (Å²) >= 11 is 0. The number of aryl methyl sites for hydroxylation is 1. The summed E-state index contributed by atoms with van der Waals surface area (Å²) in [5.41, 5.74) is 3.20. The Hall–Kier alpha value is -4.71. The second-order valence-corrected chi connectivity index (χ2v) is 7.50. The van der Waals surface area contributed by atoms with Crippen molar-refractivity contribution in [1.82, 2.24) is 19.6 Å². The van der Waals surface area contributed by atoms with Gasteiger partial charge in [0.1, 0.15) is 22.9 Å². The number of benzene rings is 2. The van der Waals surface area contributed by atoms with E-state index in [1.165, 1.54) is 6.08 Å². The van der Waals surface area contributed by atoms with Crippen LogP contribution in [0.15, 0.2) is 65.0 Å². The highest BCUT2D eigenvalue weighted by molar-refractivity contribution is 5.98. The van der Waals surface area contributed by atoms with Crippen LogP contribution in [0.2, 0.25) is 0 Å². The molecule has 0 spiro atoms. The summed E-state index contributed by atoms with van der Waals surface area (Å²) in [5.74, 6) is -0.116. The molecular weight excluding hydrogens is 434 g/mol. The van der Waals surface area contributed by atoms with Crippen molar-refractivity contribution in [3.8, 4) is 17.5 Å². The maximum Gasteiger partial charge on any atom is 0.350 e. The average Bonchev–Trinajstić information content (AvgIpc) is 3.14. The first-order valence-electron chi connectivity index (χ1n) is 10.4. The normalized spacial score (nSPS) is 11.3. The Morgan fingerprint density at radius 3 is 2.59 bits per heavy atom. The molecule has 0 fully saturated rings. The lowest BCUT2D eigenvalue weighted by molar-refractivity contribution is -0.142. The summed E-state index contributed by atoms with van der Waals surface area (Å²) in [6, 6.07) is 18.1. The number of carbonyl (C=O) groups excluding carboxylic acids is 1. The number of rotatable bonds is 6. The topological polar surface area (TPSA) is 112 Å². The molecule has 2 aromatic carbocycles. The van der Waals surface area contributed by atoms with Crippen LogP contribution >= 0.6 is 0 Å². The quantitative estimate of drug-likeness (QED) is 0.249. The number of methoxy groups -OCH3 is 1. The molecule has 34 heavy (non-hydrogen) atoms. The molecule has 0 aliphatic carbocycles. The molecule has 9 heteroatoms. The van der Waals surface area contributed by atoms with Crippen LogP contribution in [-0.4, -0.2) is 32.6 Å². The molecule has 0 N–H and O–H groups in total. The highest BCUT2D eigenvalue weighted by Gasteiger charge is 2.16. The molecule has 0 saturated carbocycles. The Morgan fingerprint density at radius 1 is 1.15 bits per heavy atom. The Labute approximate surface area is 195 Å². The van der Waals surface area contributed by atoms with Crippen LogP contribution in [0.4, 0.5) is 0 Å². The second kappa shape index (κ2) is 9.42. The van der Waals surface area contributed by atoms with E-state index < -0.39 is 18.3 Å². The van der Waals surface area contributed by atoms with Crippen LogP contribution in [0.3, 0.4) is 0 Å². The summed E-state index contributed by atoms with van der Waals surface area (Å²) < 4.78 is 13.3. The first-order chi connectivity index (χ1) is 16.4. The molecule has 2 aromatic heterocycles. The molecule has 0 aliphatic heterocycles. The van der Waals surface area contributed by atoms with Gasteiger partial charge in [-0.1, -0.05) is 17.3 Å². The lowest BCUT2D eigenvalue weighted by atomic mass is 10.1. The lowest BCUT2D eigenvalue weighted by Crippen LogP contribution is -2.26. The first kappa shape index (κ1) is 22.5. The summed E-state index contributed by atoms with van der Waals surface area (Å²) in [5, 5.41) is 17.6. The molecule has 0 unspecified atom stereocenters. The first-order valence-corrected chi connectivity index (χ1v) is 10.4. The van der Waals surface area contributed by atoms with Crippen LogP contribution in [0.25, 0.3) is 22.7 Å². The molecule has 170 valence electrons. The van der Waals surface area contributed by atoms with E-state index in [9.17, 15) is 14.9 Å². The molecule has 0 atom stereocenters. The van der Waals surface area contributed by atoms with Crippen molar-refractivity contribution in [2.24, 2.45) is 0 Å². The monoisotopic (exact) mass is 455 g/mol. The van der Waals surface area contributed by atoms with E-state index in [0.717, 1.165) is 27.5 Å². The number of hydrogen-bond donors (Lipinski definition) is 0. The largest absolute Gasteiger partial charge is 0.497 e. The van der Waals surface area contributed by atoms with Gasteiger partial charge in [0.15, 0.2) is 6.73 Å². The van der Waals surface area contributed by atoms with Gasteiger partial charge >= 0.3 is 5.97 Å². The zero-order chi connectivity index (χ0) is 24.2. The predicted molar refractivity (Wildman–Crippen MR) is 125 cm³/mol. The van der Waals surface area contributed by atoms with Crippen molar-refractivity contribution in [2.45, 2.75) is 20.6 Å². The lowest BCUT2D eigenvalue weighted by Gasteiger charge is -2.10. The van der Waals surface area contributed by atoms with Crippen molar-refractivity contribution < 1.29 is 14.3 Å². The minimum Gasteiger partial charge on any atom is -0.497 e. The van der Waals surface area contributed by atoms with Gasteiger partial charge in [-0.25, -0.2) is 4.79 Å². The fourth-order valence-corrected chi connectivity index (χ4v) is 3.66. The van der Waals surface area contributed by atoms with E-state index in [1.807, 2.05) is 54.8 Å². The SMILES string of the molecule is COc1ccc(-n2c(C)cc(C=C(C#N)C(=O)OCn3nnc4ccccc4c3=O)c2C)cc1. The van der Waals surface area contributed by atoms with Gasteiger partial charge in [0.25, 0.3) is 5.56 Å². The van der Waals surface area contributed by atoms with Crippen LogP contribution < -0.4 is 10.3 Å². The molecule has 9 nitrogen and oxygen atoms in total. The molecule has 0 saturated heterocycles. The van der Waals surface area contributed by atoms with Gasteiger partial charge in [0.05, 0.1) is 12.5 Å². The Balaban J connectivity index is 1.56. The van der Waals surface area contributed by atoms with Gasteiger partial charge in [-0.05, 0) is 68.0 Å². The van der Waals surface area contributed by atoms with E-state index in [1.54, 1.807) is 31.4 Å². The molecular formula is C25H21N5O4. The summed E-state index contributed by atoms with van der Waals surface area (Å²) in [4.78, 5) is 25.1. The van der Waals surface area contributed by atoms with E-state index in [-0.39, 0.29) is 5.57 Å². The maximum absolute atomic E-state index is 12.6. The number of ether oxygens (including phenoxy) is 2. The van der Waals surface area contributed by atoms with Gasteiger partial charge in [-0.2, -0.15) is 9.94 Å². The molecule has 4 rings (SSSR count). The molecule has 2 heterocycles. The van der Waals surface area contributed by atoms with Crippen LogP contribution in [0.5, 0.6) is 5.75 Å². The Kier molecular flexibility index (Phi) is 6.23. The number of aromatic nitrogens is 4. The van der Waals surface area contributed by atoms with Crippen molar-refractivity contribution in [2.75, 3.05) is 7.11 Å². The fourth-order valence-electron chi connectivity index (χ4n) is 3.66. The predicted octanol–water partition coefficient (Wildman–Crippen LogP) is 3.32. The molecule has 0 amide bonds. The van der Waals surface area contributed by atoms with E-state index >= 15 is 0 Å². The Bertz CT molecular complexity index is 1510. The minimum absolute atomic E-state index is 0.197. The number of hydrogen-bond acceptors (Lipinski definition) is 7. The van der Waals surface area contributed by atoms with Crippen LogP contribution in [0.1, 0.15) is 17.0 Å². The third-order valence-corrected chi connectivity index (χ3v) is 5.39. The number of fused-ring (bicyclic) bond motifs is 1. The Morgan fingerprint density at radius 2 is 1.88 bits per heavy atom. The number of nitrogens with zero attached hydrogens (tertiary/aromatic N) is 5. The summed E-state index contributed by atoms with van der Waals surface area (Å²) in [6.07, 6.45) is 1.47. The van der Waals surface area contributed by atoms with Crippen molar-refractivity contribution >= 4 is 22.9 Å². The van der Waals surface area contributed by atoms with Gasteiger partial charge in [0.2, 0.25) is 0 Å². The van der Waals surface area contributed by atoms with Crippen molar-refractivity contribution in [3.05, 3.63) is 87.5 Å². The average molecular weight is 455 g/mol. The zero-order valence-electron chi connectivity index (χ0n) is 18.8. The number of esters is 1. The van der Waals surface area contributed by atoms with E-state index in [2.05, 4.69) is 10.3 Å². The smallest absolute Gasteiger partial charge is 0.350 e.